The van der Waals surface area contributed by atoms with E-state index in [2.05, 4.69) is 19.8 Å². The highest BCUT2D eigenvalue weighted by Gasteiger charge is 2.24. The summed E-state index contributed by atoms with van der Waals surface area (Å²) in [6.07, 6.45) is 6.82. The average molecular weight is 434 g/mol. The van der Waals surface area contributed by atoms with Crippen molar-refractivity contribution in [1.82, 2.24) is 19.9 Å². The van der Waals surface area contributed by atoms with Gasteiger partial charge in [0.05, 0.1) is 12.1 Å². The van der Waals surface area contributed by atoms with Crippen LogP contribution in [0.25, 0.3) is 11.4 Å². The third kappa shape index (κ3) is 5.78. The highest BCUT2D eigenvalue weighted by Crippen LogP contribution is 2.30. The molecule has 0 bridgehead atoms. The Kier molecular flexibility index (Phi) is 7.11. The highest BCUT2D eigenvalue weighted by molar-refractivity contribution is 5.76. The molecule has 168 valence electrons. The van der Waals surface area contributed by atoms with Crippen LogP contribution in [0.2, 0.25) is 0 Å². The Labute approximate surface area is 180 Å². The third-order valence-electron chi connectivity index (χ3n) is 6.14. The molecule has 0 N–H and O–H groups in total. The minimum Gasteiger partial charge on any atom is -0.434 e. The van der Waals surface area contributed by atoms with Gasteiger partial charge in [-0.05, 0) is 24.5 Å². The third-order valence-corrected chi connectivity index (χ3v) is 6.14. The van der Waals surface area contributed by atoms with Crippen molar-refractivity contribution in [3.05, 3.63) is 30.2 Å². The number of hydrogen-bond acceptors (Lipinski definition) is 6. The molecular formula is C22H28F2N4O3. The first-order chi connectivity index (χ1) is 15.1. The zero-order valence-corrected chi connectivity index (χ0v) is 17.5. The molecule has 0 radical (unpaired) electrons. The Hall–Kier alpha value is -2.55. The molecule has 1 aliphatic heterocycles. The Balaban J connectivity index is 1.27. The fourth-order valence-electron chi connectivity index (χ4n) is 4.41. The van der Waals surface area contributed by atoms with Crippen LogP contribution in [0.5, 0.6) is 5.75 Å². The normalized spacial score (nSPS) is 18.1. The number of alkyl halides is 2. The Morgan fingerprint density at radius 3 is 2.65 bits per heavy atom. The van der Waals surface area contributed by atoms with Crippen molar-refractivity contribution in [1.29, 1.82) is 0 Å². The van der Waals surface area contributed by atoms with Gasteiger partial charge in [0, 0.05) is 32.6 Å². The number of carbonyl (C=O) groups excluding carboxylic acids is 1. The van der Waals surface area contributed by atoms with Crippen molar-refractivity contribution < 1.29 is 22.8 Å². The molecule has 1 aliphatic carbocycles. The molecule has 2 aliphatic rings. The number of carbonyl (C=O) groups is 1. The maximum Gasteiger partial charge on any atom is 0.387 e. The van der Waals surface area contributed by atoms with Gasteiger partial charge in [-0.2, -0.15) is 13.8 Å². The van der Waals surface area contributed by atoms with E-state index < -0.39 is 6.61 Å². The minimum atomic E-state index is -2.93. The average Bonchev–Trinajstić information content (AvgIpc) is 3.45. The van der Waals surface area contributed by atoms with E-state index in [0.717, 1.165) is 25.4 Å². The zero-order valence-electron chi connectivity index (χ0n) is 17.5. The Bertz CT molecular complexity index is 862. The van der Waals surface area contributed by atoms with Crippen molar-refractivity contribution in [3.63, 3.8) is 0 Å². The lowest BCUT2D eigenvalue weighted by Crippen LogP contribution is -2.48. The Morgan fingerprint density at radius 2 is 1.90 bits per heavy atom. The quantitative estimate of drug-likeness (QED) is 0.627. The lowest BCUT2D eigenvalue weighted by molar-refractivity contribution is -0.133. The van der Waals surface area contributed by atoms with Crippen LogP contribution in [0.1, 0.15) is 44.4 Å². The van der Waals surface area contributed by atoms with Gasteiger partial charge in [0.2, 0.25) is 17.6 Å². The van der Waals surface area contributed by atoms with E-state index in [1.54, 1.807) is 18.2 Å². The number of piperazine rings is 1. The molecule has 1 saturated heterocycles. The highest BCUT2D eigenvalue weighted by atomic mass is 19.3. The topological polar surface area (TPSA) is 71.7 Å². The maximum absolute atomic E-state index is 12.6. The molecule has 2 fully saturated rings. The molecule has 0 atom stereocenters. The largest absolute Gasteiger partial charge is 0.434 e. The molecular weight excluding hydrogens is 406 g/mol. The first-order valence-electron chi connectivity index (χ1n) is 11.0. The molecule has 1 aromatic carbocycles. The van der Waals surface area contributed by atoms with Crippen LogP contribution in [0.15, 0.2) is 28.8 Å². The maximum atomic E-state index is 12.6. The molecule has 2 heterocycles. The van der Waals surface area contributed by atoms with Crippen molar-refractivity contribution in [3.8, 4) is 17.1 Å². The lowest BCUT2D eigenvalue weighted by atomic mass is 10.0. The van der Waals surface area contributed by atoms with Gasteiger partial charge in [-0.15, -0.1) is 0 Å². The summed E-state index contributed by atoms with van der Waals surface area (Å²) in [5.41, 5.74) is 0.357. The summed E-state index contributed by atoms with van der Waals surface area (Å²) in [6, 6.07) is 6.37. The molecule has 1 aromatic heterocycles. The molecule has 1 saturated carbocycles. The number of rotatable bonds is 8. The van der Waals surface area contributed by atoms with Gasteiger partial charge in [-0.3, -0.25) is 9.69 Å². The molecule has 2 aromatic rings. The van der Waals surface area contributed by atoms with Gasteiger partial charge in [0.1, 0.15) is 5.75 Å². The van der Waals surface area contributed by atoms with Gasteiger partial charge in [-0.1, -0.05) is 43.0 Å². The second-order valence-electron chi connectivity index (χ2n) is 8.23. The van der Waals surface area contributed by atoms with Crippen LogP contribution in [0, 0.1) is 5.92 Å². The summed E-state index contributed by atoms with van der Waals surface area (Å²) < 4.78 is 35.1. The fraction of sp³-hybridized carbons (Fsp3) is 0.591. The minimum absolute atomic E-state index is 0.00887. The van der Waals surface area contributed by atoms with E-state index in [9.17, 15) is 13.6 Å². The number of para-hydroxylation sites is 1. The van der Waals surface area contributed by atoms with E-state index in [1.165, 1.54) is 31.7 Å². The van der Waals surface area contributed by atoms with E-state index in [0.29, 0.717) is 37.5 Å². The summed E-state index contributed by atoms with van der Waals surface area (Å²) in [4.78, 5) is 20.9. The SMILES string of the molecule is O=C(CCC1CCCC1)N1CCN(Cc2nc(-c3ccccc3OC(F)F)no2)CC1. The first-order valence-corrected chi connectivity index (χ1v) is 11.0. The Morgan fingerprint density at radius 1 is 1.16 bits per heavy atom. The summed E-state index contributed by atoms with van der Waals surface area (Å²) in [6.45, 7) is 0.375. The molecule has 0 spiro atoms. The monoisotopic (exact) mass is 434 g/mol. The summed E-state index contributed by atoms with van der Waals surface area (Å²) >= 11 is 0. The number of aromatic nitrogens is 2. The molecule has 4 rings (SSSR count). The van der Waals surface area contributed by atoms with Crippen LogP contribution in [-0.4, -0.2) is 58.6 Å². The predicted octanol–water partition coefficient (Wildman–Crippen LogP) is 3.95. The zero-order chi connectivity index (χ0) is 21.6. The van der Waals surface area contributed by atoms with Gasteiger partial charge < -0.3 is 14.2 Å². The first kappa shape index (κ1) is 21.7. The molecule has 0 unspecified atom stereocenters. The van der Waals surface area contributed by atoms with Crippen molar-refractivity contribution in [2.45, 2.75) is 51.7 Å². The van der Waals surface area contributed by atoms with Crippen LogP contribution in [-0.2, 0) is 11.3 Å². The van der Waals surface area contributed by atoms with Gasteiger partial charge in [0.15, 0.2) is 0 Å². The predicted molar refractivity (Wildman–Crippen MR) is 109 cm³/mol. The van der Waals surface area contributed by atoms with Gasteiger partial charge >= 0.3 is 6.61 Å². The number of halogens is 2. The van der Waals surface area contributed by atoms with Crippen LogP contribution >= 0.6 is 0 Å². The van der Waals surface area contributed by atoms with Crippen molar-refractivity contribution in [2.24, 2.45) is 5.92 Å². The number of nitrogens with zero attached hydrogens (tertiary/aromatic N) is 4. The second-order valence-corrected chi connectivity index (χ2v) is 8.23. The fourth-order valence-corrected chi connectivity index (χ4v) is 4.41. The summed E-state index contributed by atoms with van der Waals surface area (Å²) in [5, 5.41) is 3.92. The van der Waals surface area contributed by atoms with Gasteiger partial charge in [-0.25, -0.2) is 0 Å². The molecule has 1 amide bonds. The number of benzene rings is 1. The smallest absolute Gasteiger partial charge is 0.387 e. The summed E-state index contributed by atoms with van der Waals surface area (Å²) in [5.74, 6) is 1.61. The summed E-state index contributed by atoms with van der Waals surface area (Å²) in [7, 11) is 0. The van der Waals surface area contributed by atoms with E-state index in [4.69, 9.17) is 4.52 Å². The van der Waals surface area contributed by atoms with E-state index in [1.807, 2.05) is 4.90 Å². The second kappa shape index (κ2) is 10.2. The lowest BCUT2D eigenvalue weighted by Gasteiger charge is -2.34. The number of ether oxygens (including phenoxy) is 1. The van der Waals surface area contributed by atoms with Crippen LogP contribution < -0.4 is 4.74 Å². The van der Waals surface area contributed by atoms with Crippen LogP contribution in [0.4, 0.5) is 8.78 Å². The van der Waals surface area contributed by atoms with Crippen LogP contribution in [0.3, 0.4) is 0 Å². The number of amides is 1. The number of hydrogen-bond donors (Lipinski definition) is 0. The van der Waals surface area contributed by atoms with Crippen molar-refractivity contribution >= 4 is 5.91 Å². The van der Waals surface area contributed by atoms with Gasteiger partial charge in [0.25, 0.3) is 0 Å². The molecule has 7 nitrogen and oxygen atoms in total. The van der Waals surface area contributed by atoms with Crippen molar-refractivity contribution in [2.75, 3.05) is 26.2 Å². The molecule has 31 heavy (non-hydrogen) atoms. The van der Waals surface area contributed by atoms with E-state index >= 15 is 0 Å². The van der Waals surface area contributed by atoms with E-state index in [-0.39, 0.29) is 17.5 Å². The standard InChI is InChI=1S/C22H28F2N4O3/c23-22(24)30-18-8-4-3-7-17(18)21-25-19(31-26-21)15-27-11-13-28(14-12-27)20(29)10-9-16-5-1-2-6-16/h3-4,7-8,16,22H,1-2,5-6,9-15H2. The molecule has 9 heteroatoms.